The molecular weight excluding hydrogens is 495 g/mol. The van der Waals surface area contributed by atoms with E-state index in [9.17, 15) is 14.3 Å². The maximum atomic E-state index is 13.6. The van der Waals surface area contributed by atoms with Crippen LogP contribution in [-0.4, -0.2) is 23.8 Å². The maximum Gasteiger partial charge on any atom is 0.281 e. The second-order valence-electron chi connectivity index (χ2n) is 8.81. The highest BCUT2D eigenvalue weighted by molar-refractivity contribution is 6.37. The number of amides is 1. The molecule has 1 N–H and O–H groups in total. The van der Waals surface area contributed by atoms with E-state index in [1.807, 2.05) is 36.4 Å². The van der Waals surface area contributed by atoms with Crippen molar-refractivity contribution in [3.05, 3.63) is 137 Å². The van der Waals surface area contributed by atoms with Crippen molar-refractivity contribution in [3.8, 4) is 11.5 Å². The number of aliphatic hydroxyl groups is 1. The lowest BCUT2D eigenvalue weighted by Crippen LogP contribution is -2.21. The number of rotatable bonds is 8. The van der Waals surface area contributed by atoms with Crippen molar-refractivity contribution in [1.29, 1.82) is 0 Å². The molecular formula is C32H25FN2O4. The van der Waals surface area contributed by atoms with Crippen molar-refractivity contribution < 1.29 is 23.8 Å². The number of carbonyl (C=O) groups is 1. The summed E-state index contributed by atoms with van der Waals surface area (Å²) in [5.41, 5.74) is 4.09. The normalized spacial score (nSPS) is 13.9. The summed E-state index contributed by atoms with van der Waals surface area (Å²) in [6.07, 6.45) is 1.72. The molecule has 39 heavy (non-hydrogen) atoms. The summed E-state index contributed by atoms with van der Waals surface area (Å²) < 4.78 is 25.2. The van der Waals surface area contributed by atoms with Crippen LogP contribution in [0.2, 0.25) is 0 Å². The van der Waals surface area contributed by atoms with Crippen molar-refractivity contribution in [2.45, 2.75) is 6.61 Å². The summed E-state index contributed by atoms with van der Waals surface area (Å²) in [7, 11) is 1.56. The van der Waals surface area contributed by atoms with Crippen molar-refractivity contribution >= 4 is 29.1 Å². The van der Waals surface area contributed by atoms with Gasteiger partial charge >= 0.3 is 0 Å². The van der Waals surface area contributed by atoms with Gasteiger partial charge in [-0.2, -0.15) is 10.1 Å². The third kappa shape index (κ3) is 5.57. The SMILES string of the molecule is C=C(O)c1ccc(N2N=C(c3ccc(F)cc3)/C(=C/c3ccc(OCc4ccccc4)c(OC)c3)C2=O)cc1. The standard InChI is InChI=1S/C32H25FN2O4/c1-21(36)24-11-15-27(16-12-24)35-32(37)28(31(34-35)25-9-13-26(33)14-10-25)18-23-8-17-29(30(19-23)38-2)39-20-22-6-4-3-5-7-22/h3-19,36H,1,20H2,2H3/b28-18-. The lowest BCUT2D eigenvalue weighted by molar-refractivity contribution is -0.114. The first kappa shape index (κ1) is 25.5. The molecule has 0 aliphatic carbocycles. The van der Waals surface area contributed by atoms with Crippen LogP contribution in [0.3, 0.4) is 0 Å². The Hall–Kier alpha value is -5.17. The van der Waals surface area contributed by atoms with E-state index >= 15 is 0 Å². The van der Waals surface area contributed by atoms with E-state index in [4.69, 9.17) is 9.47 Å². The van der Waals surface area contributed by atoms with Crippen LogP contribution >= 0.6 is 0 Å². The monoisotopic (exact) mass is 520 g/mol. The molecule has 4 aromatic rings. The number of hydrogen-bond donors (Lipinski definition) is 1. The molecule has 4 aromatic carbocycles. The molecule has 1 aliphatic heterocycles. The van der Waals surface area contributed by atoms with Gasteiger partial charge in [0.2, 0.25) is 0 Å². The van der Waals surface area contributed by atoms with Gasteiger partial charge in [-0.1, -0.05) is 43.0 Å². The zero-order chi connectivity index (χ0) is 27.4. The third-order valence-electron chi connectivity index (χ3n) is 6.18. The summed E-state index contributed by atoms with van der Waals surface area (Å²) in [6, 6.07) is 27.7. The van der Waals surface area contributed by atoms with Crippen LogP contribution in [-0.2, 0) is 11.4 Å². The van der Waals surface area contributed by atoms with Gasteiger partial charge in [-0.05, 0) is 77.9 Å². The number of ether oxygens (including phenoxy) is 2. The van der Waals surface area contributed by atoms with E-state index < -0.39 is 0 Å². The second kappa shape index (κ2) is 11.1. The van der Waals surface area contributed by atoms with Crippen LogP contribution in [0.15, 0.2) is 114 Å². The van der Waals surface area contributed by atoms with E-state index in [0.717, 1.165) is 5.56 Å². The minimum Gasteiger partial charge on any atom is -0.508 e. The van der Waals surface area contributed by atoms with Crippen LogP contribution < -0.4 is 14.5 Å². The molecule has 1 aliphatic rings. The molecule has 0 saturated heterocycles. The molecule has 0 radical (unpaired) electrons. The van der Waals surface area contributed by atoms with Crippen LogP contribution in [0.4, 0.5) is 10.1 Å². The van der Waals surface area contributed by atoms with E-state index in [1.165, 1.54) is 17.1 Å². The Labute approximate surface area is 225 Å². The van der Waals surface area contributed by atoms with Crippen LogP contribution in [0, 0.1) is 5.82 Å². The zero-order valence-corrected chi connectivity index (χ0v) is 21.2. The molecule has 7 heteroatoms. The van der Waals surface area contributed by atoms with E-state index in [2.05, 4.69) is 11.7 Å². The average Bonchev–Trinajstić information content (AvgIpc) is 3.28. The fourth-order valence-corrected chi connectivity index (χ4v) is 4.13. The molecule has 194 valence electrons. The number of hydrazone groups is 1. The number of halogens is 1. The molecule has 0 atom stereocenters. The van der Waals surface area contributed by atoms with Gasteiger partial charge in [-0.3, -0.25) is 4.79 Å². The summed E-state index contributed by atoms with van der Waals surface area (Å²) in [6.45, 7) is 3.90. The van der Waals surface area contributed by atoms with Crippen molar-refractivity contribution in [1.82, 2.24) is 0 Å². The predicted molar refractivity (Wildman–Crippen MR) is 150 cm³/mol. The number of aliphatic hydroxyl groups excluding tert-OH is 1. The highest BCUT2D eigenvalue weighted by atomic mass is 19.1. The quantitative estimate of drug-likeness (QED) is 0.205. The van der Waals surface area contributed by atoms with Gasteiger partial charge in [0, 0.05) is 11.1 Å². The predicted octanol–water partition coefficient (Wildman–Crippen LogP) is 6.78. The summed E-state index contributed by atoms with van der Waals surface area (Å²) in [5, 5.41) is 15.5. The lowest BCUT2D eigenvalue weighted by atomic mass is 10.00. The highest BCUT2D eigenvalue weighted by Gasteiger charge is 2.32. The first-order valence-corrected chi connectivity index (χ1v) is 12.2. The number of anilines is 1. The molecule has 6 nitrogen and oxygen atoms in total. The zero-order valence-electron chi connectivity index (χ0n) is 21.2. The molecule has 0 aromatic heterocycles. The minimum atomic E-state index is -0.387. The van der Waals surface area contributed by atoms with E-state index in [0.29, 0.717) is 51.8 Å². The molecule has 1 heterocycles. The van der Waals surface area contributed by atoms with Gasteiger partial charge in [0.05, 0.1) is 18.4 Å². The van der Waals surface area contributed by atoms with Crippen LogP contribution in [0.1, 0.15) is 22.3 Å². The number of hydrogen-bond acceptors (Lipinski definition) is 5. The first-order chi connectivity index (χ1) is 18.9. The third-order valence-corrected chi connectivity index (χ3v) is 6.18. The molecule has 0 fully saturated rings. The van der Waals surface area contributed by atoms with Gasteiger partial charge in [0.1, 0.15) is 23.9 Å². The Morgan fingerprint density at radius 1 is 0.974 bits per heavy atom. The summed E-state index contributed by atoms with van der Waals surface area (Å²) >= 11 is 0. The average molecular weight is 521 g/mol. The van der Waals surface area contributed by atoms with Crippen molar-refractivity contribution in [3.63, 3.8) is 0 Å². The number of carbonyl (C=O) groups excluding carboxylic acids is 1. The molecule has 1 amide bonds. The van der Waals surface area contributed by atoms with Crippen LogP contribution in [0.5, 0.6) is 11.5 Å². The minimum absolute atomic E-state index is 0.0736. The Bertz CT molecular complexity index is 1580. The van der Waals surface area contributed by atoms with E-state index in [1.54, 1.807) is 61.7 Å². The molecule has 0 bridgehead atoms. The Balaban J connectivity index is 1.49. The Morgan fingerprint density at radius 3 is 2.36 bits per heavy atom. The number of benzene rings is 4. The Morgan fingerprint density at radius 2 is 1.69 bits per heavy atom. The molecule has 5 rings (SSSR count). The second-order valence-corrected chi connectivity index (χ2v) is 8.81. The number of methoxy groups -OCH3 is 1. The fourth-order valence-electron chi connectivity index (χ4n) is 4.13. The van der Waals surface area contributed by atoms with Crippen LogP contribution in [0.25, 0.3) is 11.8 Å². The van der Waals surface area contributed by atoms with Gasteiger partial charge in [-0.25, -0.2) is 4.39 Å². The first-order valence-electron chi connectivity index (χ1n) is 12.2. The highest BCUT2D eigenvalue weighted by Crippen LogP contribution is 2.32. The van der Waals surface area contributed by atoms with Gasteiger partial charge in [-0.15, -0.1) is 0 Å². The maximum absolute atomic E-state index is 13.6. The largest absolute Gasteiger partial charge is 0.508 e. The van der Waals surface area contributed by atoms with Crippen molar-refractivity contribution in [2.75, 3.05) is 12.1 Å². The fraction of sp³-hybridized carbons (Fsp3) is 0.0625. The van der Waals surface area contributed by atoms with Crippen molar-refractivity contribution in [2.24, 2.45) is 5.10 Å². The molecule has 0 spiro atoms. The lowest BCUT2D eigenvalue weighted by Gasteiger charge is -2.13. The molecule has 0 unspecified atom stereocenters. The van der Waals surface area contributed by atoms with Gasteiger partial charge in [0.15, 0.2) is 11.5 Å². The molecule has 0 saturated carbocycles. The van der Waals surface area contributed by atoms with E-state index in [-0.39, 0.29) is 17.5 Å². The Kier molecular flexibility index (Phi) is 7.23. The van der Waals surface area contributed by atoms with Gasteiger partial charge < -0.3 is 14.6 Å². The topological polar surface area (TPSA) is 71.4 Å². The number of nitrogens with zero attached hydrogens (tertiary/aromatic N) is 2. The van der Waals surface area contributed by atoms with Gasteiger partial charge in [0.25, 0.3) is 5.91 Å². The summed E-state index contributed by atoms with van der Waals surface area (Å²) in [4.78, 5) is 13.6. The smallest absolute Gasteiger partial charge is 0.281 e. The summed E-state index contributed by atoms with van der Waals surface area (Å²) in [5.74, 6) is 0.272.